The average molecular weight is 388 g/mol. The van der Waals surface area contributed by atoms with Gasteiger partial charge in [-0.1, -0.05) is 41.4 Å². The van der Waals surface area contributed by atoms with E-state index in [4.69, 9.17) is 23.2 Å². The highest BCUT2D eigenvalue weighted by Gasteiger charge is 2.33. The summed E-state index contributed by atoms with van der Waals surface area (Å²) in [4.78, 5) is 11.6. The van der Waals surface area contributed by atoms with Gasteiger partial charge in [0.25, 0.3) is 0 Å². The molecule has 0 radical (unpaired) electrons. The first-order valence-electron chi connectivity index (χ1n) is 6.93. The number of aliphatic carboxylic acids is 1. The fourth-order valence-corrected chi connectivity index (χ4v) is 3.84. The van der Waals surface area contributed by atoms with Crippen molar-refractivity contribution in [1.29, 1.82) is 0 Å². The lowest BCUT2D eigenvalue weighted by Crippen LogP contribution is -2.43. The van der Waals surface area contributed by atoms with E-state index in [-0.39, 0.29) is 11.3 Å². The zero-order valence-electron chi connectivity index (χ0n) is 12.7. The molecular weight excluding hydrogens is 373 g/mol. The Morgan fingerprint density at radius 2 is 1.71 bits per heavy atom. The summed E-state index contributed by atoms with van der Waals surface area (Å²) >= 11 is 11.8. The third-order valence-corrected chi connectivity index (χ3v) is 6.09. The van der Waals surface area contributed by atoms with E-state index < -0.39 is 22.0 Å². The summed E-state index contributed by atoms with van der Waals surface area (Å²) in [6, 6.07) is 11.0. The Morgan fingerprint density at radius 3 is 2.25 bits per heavy atom. The van der Waals surface area contributed by atoms with E-state index in [2.05, 4.69) is 0 Å². The molecule has 0 aliphatic heterocycles. The van der Waals surface area contributed by atoms with Crippen LogP contribution in [0.25, 0.3) is 0 Å². The van der Waals surface area contributed by atoms with Crippen molar-refractivity contribution >= 4 is 39.2 Å². The normalized spacial score (nSPS) is 13.0. The van der Waals surface area contributed by atoms with Gasteiger partial charge in [0.05, 0.1) is 4.90 Å². The molecule has 1 atom stereocenters. The number of carboxylic acid groups (broad SMARTS) is 1. The van der Waals surface area contributed by atoms with Gasteiger partial charge >= 0.3 is 5.97 Å². The quantitative estimate of drug-likeness (QED) is 0.824. The highest BCUT2D eigenvalue weighted by atomic mass is 35.5. The lowest BCUT2D eigenvalue weighted by molar-refractivity contribution is -0.141. The zero-order chi connectivity index (χ0) is 17.9. The van der Waals surface area contributed by atoms with Crippen LogP contribution in [-0.2, 0) is 21.2 Å². The van der Waals surface area contributed by atoms with Gasteiger partial charge < -0.3 is 5.11 Å². The molecule has 128 valence electrons. The molecule has 2 aromatic rings. The van der Waals surface area contributed by atoms with Crippen LogP contribution in [0.2, 0.25) is 10.0 Å². The molecule has 0 aliphatic rings. The van der Waals surface area contributed by atoms with Crippen LogP contribution < -0.4 is 0 Å². The summed E-state index contributed by atoms with van der Waals surface area (Å²) in [5.41, 5.74) is 0.560. The van der Waals surface area contributed by atoms with Crippen LogP contribution >= 0.6 is 23.2 Å². The minimum absolute atomic E-state index is 0.0280. The molecule has 0 spiro atoms. The first-order valence-corrected chi connectivity index (χ1v) is 9.13. The van der Waals surface area contributed by atoms with Crippen LogP contribution in [0.5, 0.6) is 0 Å². The van der Waals surface area contributed by atoms with Gasteiger partial charge in [-0.2, -0.15) is 4.31 Å². The molecule has 5 nitrogen and oxygen atoms in total. The van der Waals surface area contributed by atoms with Gasteiger partial charge in [0.1, 0.15) is 6.04 Å². The number of rotatable bonds is 6. The van der Waals surface area contributed by atoms with Crippen molar-refractivity contribution < 1.29 is 18.3 Å². The molecule has 0 saturated carbocycles. The Morgan fingerprint density at radius 1 is 1.12 bits per heavy atom. The molecule has 0 aliphatic carbocycles. The van der Waals surface area contributed by atoms with E-state index in [0.29, 0.717) is 15.6 Å². The minimum atomic E-state index is -3.98. The predicted octanol–water partition coefficient (Wildman–Crippen LogP) is 3.31. The van der Waals surface area contributed by atoms with Crippen LogP contribution in [0.4, 0.5) is 0 Å². The molecule has 0 heterocycles. The van der Waals surface area contributed by atoms with Gasteiger partial charge in [-0.3, -0.25) is 4.79 Å². The number of carboxylic acids is 1. The first-order chi connectivity index (χ1) is 11.2. The molecule has 0 aromatic heterocycles. The second kappa shape index (κ2) is 7.53. The number of halogens is 2. The molecule has 2 aromatic carbocycles. The number of nitrogens with zero attached hydrogens (tertiary/aromatic N) is 1. The molecule has 0 amide bonds. The Balaban J connectivity index is 2.35. The molecule has 2 rings (SSSR count). The second-order valence-electron chi connectivity index (χ2n) is 5.12. The molecule has 1 N–H and O–H groups in total. The highest BCUT2D eigenvalue weighted by Crippen LogP contribution is 2.23. The number of sulfonamides is 1. The molecule has 0 unspecified atom stereocenters. The van der Waals surface area contributed by atoms with E-state index in [0.717, 1.165) is 4.31 Å². The largest absolute Gasteiger partial charge is 0.480 e. The third kappa shape index (κ3) is 4.08. The summed E-state index contributed by atoms with van der Waals surface area (Å²) in [5.74, 6) is -1.25. The van der Waals surface area contributed by atoms with Gasteiger partial charge in [0.2, 0.25) is 10.0 Å². The maximum absolute atomic E-state index is 12.7. The zero-order valence-corrected chi connectivity index (χ0v) is 15.0. The minimum Gasteiger partial charge on any atom is -0.480 e. The summed E-state index contributed by atoms with van der Waals surface area (Å²) in [6.07, 6.45) is -0.0433. The standard InChI is InChI=1S/C16H15Cl2NO4S/c1-19(24(22,23)13-8-6-12(17)7-9-13)15(16(20)21)10-11-4-2-3-5-14(11)18/h2-9,15H,10H2,1H3,(H,20,21)/t15-/m1/s1. The lowest BCUT2D eigenvalue weighted by atomic mass is 10.1. The smallest absolute Gasteiger partial charge is 0.322 e. The molecule has 0 bridgehead atoms. The monoisotopic (exact) mass is 387 g/mol. The van der Waals surface area contributed by atoms with Crippen molar-refractivity contribution in [2.24, 2.45) is 0 Å². The van der Waals surface area contributed by atoms with Crippen LogP contribution in [0, 0.1) is 0 Å². The van der Waals surface area contributed by atoms with Crippen LogP contribution in [0.3, 0.4) is 0 Å². The van der Waals surface area contributed by atoms with Crippen LogP contribution in [0.1, 0.15) is 5.56 Å². The lowest BCUT2D eigenvalue weighted by Gasteiger charge is -2.24. The fourth-order valence-electron chi connectivity index (χ4n) is 2.18. The van der Waals surface area contributed by atoms with Crippen molar-refractivity contribution in [3.05, 3.63) is 64.1 Å². The summed E-state index contributed by atoms with van der Waals surface area (Å²) in [7, 11) is -2.75. The molecule has 8 heteroatoms. The van der Waals surface area contributed by atoms with E-state index in [9.17, 15) is 18.3 Å². The first kappa shape index (κ1) is 18.7. The van der Waals surface area contributed by atoms with Crippen molar-refractivity contribution in [2.75, 3.05) is 7.05 Å². The fraction of sp³-hybridized carbons (Fsp3) is 0.188. The number of benzene rings is 2. The number of hydrogen-bond donors (Lipinski definition) is 1. The number of carbonyl (C=O) groups is 1. The topological polar surface area (TPSA) is 74.7 Å². The van der Waals surface area contributed by atoms with E-state index in [1.165, 1.54) is 31.3 Å². The molecule has 0 saturated heterocycles. The summed E-state index contributed by atoms with van der Waals surface area (Å²) < 4.78 is 26.1. The average Bonchev–Trinajstić information content (AvgIpc) is 2.53. The van der Waals surface area contributed by atoms with Gasteiger partial charge in [-0.15, -0.1) is 0 Å². The maximum atomic E-state index is 12.7. The van der Waals surface area contributed by atoms with Crippen molar-refractivity contribution in [1.82, 2.24) is 4.31 Å². The van der Waals surface area contributed by atoms with Gasteiger partial charge in [0, 0.05) is 23.5 Å². The van der Waals surface area contributed by atoms with E-state index in [1.807, 2.05) is 0 Å². The Bertz CT molecular complexity index is 837. The highest BCUT2D eigenvalue weighted by molar-refractivity contribution is 7.89. The van der Waals surface area contributed by atoms with E-state index in [1.54, 1.807) is 24.3 Å². The third-order valence-electron chi connectivity index (χ3n) is 3.59. The van der Waals surface area contributed by atoms with Gasteiger partial charge in [-0.25, -0.2) is 8.42 Å². The van der Waals surface area contributed by atoms with Crippen molar-refractivity contribution in [3.63, 3.8) is 0 Å². The Labute approximate surface area is 150 Å². The summed E-state index contributed by atoms with van der Waals surface area (Å²) in [5, 5.41) is 10.3. The number of likely N-dealkylation sites (N-methyl/N-ethyl adjacent to an activating group) is 1. The Hall–Kier alpha value is -1.60. The van der Waals surface area contributed by atoms with Crippen molar-refractivity contribution in [2.45, 2.75) is 17.4 Å². The molecular formula is C16H15Cl2NO4S. The SMILES string of the molecule is CN([C@H](Cc1ccccc1Cl)C(=O)O)S(=O)(=O)c1ccc(Cl)cc1. The second-order valence-corrected chi connectivity index (χ2v) is 7.97. The maximum Gasteiger partial charge on any atom is 0.322 e. The summed E-state index contributed by atoms with van der Waals surface area (Å²) in [6.45, 7) is 0. The van der Waals surface area contributed by atoms with Gasteiger partial charge in [0.15, 0.2) is 0 Å². The van der Waals surface area contributed by atoms with Crippen LogP contribution in [-0.4, -0.2) is 36.9 Å². The molecule has 24 heavy (non-hydrogen) atoms. The van der Waals surface area contributed by atoms with Crippen molar-refractivity contribution in [3.8, 4) is 0 Å². The predicted molar refractivity (Wildman–Crippen MR) is 93.0 cm³/mol. The van der Waals surface area contributed by atoms with E-state index >= 15 is 0 Å². The van der Waals surface area contributed by atoms with Crippen LogP contribution in [0.15, 0.2) is 53.4 Å². The Kier molecular flexibility index (Phi) is 5.87. The molecule has 0 fully saturated rings. The van der Waals surface area contributed by atoms with Gasteiger partial charge in [-0.05, 0) is 35.9 Å². The number of hydrogen-bond acceptors (Lipinski definition) is 3.